The average Bonchev–Trinajstić information content (AvgIpc) is 3.32. The van der Waals surface area contributed by atoms with Crippen LogP contribution in [-0.4, -0.2) is 29.9 Å². The second-order valence-electron chi connectivity index (χ2n) is 7.31. The normalized spacial score (nSPS) is 12.5. The highest BCUT2D eigenvalue weighted by Gasteiger charge is 2.25. The Morgan fingerprint density at radius 1 is 1.13 bits per heavy atom. The van der Waals surface area contributed by atoms with Gasteiger partial charge in [-0.15, -0.1) is 0 Å². The van der Waals surface area contributed by atoms with E-state index in [-0.39, 0.29) is 12.3 Å². The number of nitrogens with one attached hydrogen (secondary N) is 1. The molecule has 0 atom stereocenters. The maximum atomic E-state index is 12.9. The van der Waals surface area contributed by atoms with Crippen molar-refractivity contribution in [1.29, 1.82) is 0 Å². The van der Waals surface area contributed by atoms with Crippen LogP contribution in [0, 0.1) is 13.8 Å². The lowest BCUT2D eigenvalue weighted by Crippen LogP contribution is -2.18. The van der Waals surface area contributed by atoms with Gasteiger partial charge in [0.2, 0.25) is 5.91 Å². The SMILES string of the molecule is COc1ccc(CC(=O)Nc2c3c(nn2-c2cccc(C)c2C)CSC3)cc1OC. The Balaban J connectivity index is 1.63. The van der Waals surface area contributed by atoms with Gasteiger partial charge in [-0.05, 0) is 48.7 Å². The van der Waals surface area contributed by atoms with Gasteiger partial charge < -0.3 is 14.8 Å². The molecule has 1 N–H and O–H groups in total. The van der Waals surface area contributed by atoms with Gasteiger partial charge in [-0.25, -0.2) is 4.68 Å². The van der Waals surface area contributed by atoms with Gasteiger partial charge >= 0.3 is 0 Å². The Bertz CT molecular complexity index is 1110. The predicted molar refractivity (Wildman–Crippen MR) is 120 cm³/mol. The minimum Gasteiger partial charge on any atom is -0.493 e. The third-order valence-corrected chi connectivity index (χ3v) is 6.40. The molecule has 30 heavy (non-hydrogen) atoms. The first-order chi connectivity index (χ1) is 14.5. The monoisotopic (exact) mass is 423 g/mol. The summed E-state index contributed by atoms with van der Waals surface area (Å²) in [5.41, 5.74) is 6.36. The van der Waals surface area contributed by atoms with Crippen molar-refractivity contribution in [3.05, 3.63) is 64.3 Å². The van der Waals surface area contributed by atoms with Crippen molar-refractivity contribution in [2.75, 3.05) is 19.5 Å². The topological polar surface area (TPSA) is 65.4 Å². The lowest BCUT2D eigenvalue weighted by Gasteiger charge is -2.14. The Labute approximate surface area is 180 Å². The fraction of sp³-hybridized carbons (Fsp3) is 0.304. The molecule has 0 radical (unpaired) electrons. The molecule has 1 aromatic heterocycles. The van der Waals surface area contributed by atoms with Crippen molar-refractivity contribution >= 4 is 23.5 Å². The summed E-state index contributed by atoms with van der Waals surface area (Å²) in [5.74, 6) is 3.66. The van der Waals surface area contributed by atoms with Crippen molar-refractivity contribution in [3.63, 3.8) is 0 Å². The number of benzene rings is 2. The molecule has 6 nitrogen and oxygen atoms in total. The highest BCUT2D eigenvalue weighted by Crippen LogP contribution is 2.37. The van der Waals surface area contributed by atoms with E-state index in [4.69, 9.17) is 14.6 Å². The first kappa shape index (κ1) is 20.3. The molecular weight excluding hydrogens is 398 g/mol. The zero-order valence-corrected chi connectivity index (χ0v) is 18.4. The van der Waals surface area contributed by atoms with E-state index < -0.39 is 0 Å². The van der Waals surface area contributed by atoms with E-state index >= 15 is 0 Å². The van der Waals surface area contributed by atoms with E-state index in [1.54, 1.807) is 14.2 Å². The van der Waals surface area contributed by atoms with Crippen molar-refractivity contribution in [2.45, 2.75) is 31.8 Å². The van der Waals surface area contributed by atoms with Gasteiger partial charge in [0.15, 0.2) is 11.5 Å². The van der Waals surface area contributed by atoms with E-state index in [1.807, 2.05) is 46.8 Å². The molecule has 2 aromatic carbocycles. The van der Waals surface area contributed by atoms with Gasteiger partial charge in [-0.1, -0.05) is 18.2 Å². The van der Waals surface area contributed by atoms with E-state index in [0.717, 1.165) is 45.4 Å². The van der Waals surface area contributed by atoms with E-state index in [2.05, 4.69) is 25.2 Å². The Morgan fingerprint density at radius 3 is 2.70 bits per heavy atom. The van der Waals surface area contributed by atoms with E-state index in [1.165, 1.54) is 5.56 Å². The molecular formula is C23H25N3O3S. The van der Waals surface area contributed by atoms with Crippen molar-refractivity contribution in [3.8, 4) is 17.2 Å². The lowest BCUT2D eigenvalue weighted by molar-refractivity contribution is -0.115. The first-order valence-electron chi connectivity index (χ1n) is 9.77. The second kappa shape index (κ2) is 8.44. The van der Waals surface area contributed by atoms with Crippen LogP contribution < -0.4 is 14.8 Å². The number of carbonyl (C=O) groups excluding carboxylic acids is 1. The number of thioether (sulfide) groups is 1. The molecule has 2 heterocycles. The van der Waals surface area contributed by atoms with Crippen LogP contribution in [0.4, 0.5) is 5.82 Å². The van der Waals surface area contributed by atoms with Gasteiger partial charge in [-0.2, -0.15) is 16.9 Å². The molecule has 156 valence electrons. The van der Waals surface area contributed by atoms with E-state index in [0.29, 0.717) is 11.5 Å². The Hall–Kier alpha value is -2.93. The van der Waals surface area contributed by atoms with Gasteiger partial charge in [0.1, 0.15) is 5.82 Å². The number of hydrogen-bond donors (Lipinski definition) is 1. The summed E-state index contributed by atoms with van der Waals surface area (Å²) in [4.78, 5) is 12.9. The lowest BCUT2D eigenvalue weighted by atomic mass is 10.1. The number of methoxy groups -OCH3 is 2. The highest BCUT2D eigenvalue weighted by atomic mass is 32.2. The van der Waals surface area contributed by atoms with Crippen molar-refractivity contribution in [1.82, 2.24) is 9.78 Å². The van der Waals surface area contributed by atoms with Crippen LogP contribution in [0.3, 0.4) is 0 Å². The van der Waals surface area contributed by atoms with Gasteiger partial charge in [0.05, 0.1) is 32.0 Å². The smallest absolute Gasteiger partial charge is 0.229 e. The zero-order chi connectivity index (χ0) is 21.3. The number of hydrogen-bond acceptors (Lipinski definition) is 5. The van der Waals surface area contributed by atoms with E-state index in [9.17, 15) is 4.79 Å². The number of anilines is 1. The number of carbonyl (C=O) groups is 1. The summed E-state index contributed by atoms with van der Waals surface area (Å²) in [6.45, 7) is 4.17. The number of fused-ring (bicyclic) bond motifs is 1. The number of aryl methyl sites for hydroxylation is 1. The molecule has 3 aromatic rings. The third-order valence-electron chi connectivity index (χ3n) is 5.43. The summed E-state index contributed by atoms with van der Waals surface area (Å²) in [6, 6.07) is 11.7. The van der Waals surface area contributed by atoms with Gasteiger partial charge in [0.25, 0.3) is 0 Å². The molecule has 1 aliphatic heterocycles. The van der Waals surface area contributed by atoms with Crippen molar-refractivity contribution < 1.29 is 14.3 Å². The maximum absolute atomic E-state index is 12.9. The quantitative estimate of drug-likeness (QED) is 0.635. The highest BCUT2D eigenvalue weighted by molar-refractivity contribution is 7.98. The minimum absolute atomic E-state index is 0.0895. The average molecular weight is 424 g/mol. The molecule has 1 aliphatic rings. The molecule has 0 spiro atoms. The third kappa shape index (κ3) is 3.77. The maximum Gasteiger partial charge on any atom is 0.229 e. The molecule has 4 rings (SSSR count). The summed E-state index contributed by atoms with van der Waals surface area (Å²) in [7, 11) is 3.18. The van der Waals surface area contributed by atoms with Crippen LogP contribution in [0.5, 0.6) is 11.5 Å². The molecule has 0 aliphatic carbocycles. The summed E-state index contributed by atoms with van der Waals surface area (Å²) in [5, 5.41) is 7.94. The Morgan fingerprint density at radius 2 is 1.93 bits per heavy atom. The van der Waals surface area contributed by atoms with Crippen LogP contribution in [0.1, 0.15) is 27.9 Å². The Kier molecular flexibility index (Phi) is 5.72. The number of rotatable bonds is 6. The number of nitrogens with zero attached hydrogens (tertiary/aromatic N) is 2. The molecule has 0 saturated heterocycles. The molecule has 1 amide bonds. The molecule has 0 fully saturated rings. The second-order valence-corrected chi connectivity index (χ2v) is 8.30. The van der Waals surface area contributed by atoms with Crippen LogP contribution in [0.2, 0.25) is 0 Å². The minimum atomic E-state index is -0.0895. The first-order valence-corrected chi connectivity index (χ1v) is 10.9. The fourth-order valence-corrected chi connectivity index (χ4v) is 4.67. The van der Waals surface area contributed by atoms with Crippen LogP contribution in [-0.2, 0) is 22.7 Å². The van der Waals surface area contributed by atoms with Gasteiger partial charge in [0, 0.05) is 17.1 Å². The fourth-order valence-electron chi connectivity index (χ4n) is 3.63. The van der Waals surface area contributed by atoms with Crippen LogP contribution in [0.25, 0.3) is 5.69 Å². The standard InChI is InChI=1S/C23H25N3O3S/c1-14-6-5-7-19(15(14)2)26-23(17-12-30-13-18(17)25-26)24-22(27)11-16-8-9-20(28-3)21(10-16)29-4/h5-10H,11-13H2,1-4H3,(H,24,27). The molecule has 0 unspecified atom stereocenters. The van der Waals surface area contributed by atoms with Crippen molar-refractivity contribution in [2.24, 2.45) is 0 Å². The number of ether oxygens (including phenoxy) is 2. The summed E-state index contributed by atoms with van der Waals surface area (Å²) in [6.07, 6.45) is 0.236. The van der Waals surface area contributed by atoms with Crippen LogP contribution in [0.15, 0.2) is 36.4 Å². The zero-order valence-electron chi connectivity index (χ0n) is 17.6. The van der Waals surface area contributed by atoms with Crippen LogP contribution >= 0.6 is 11.8 Å². The largest absolute Gasteiger partial charge is 0.493 e. The molecule has 7 heteroatoms. The summed E-state index contributed by atoms with van der Waals surface area (Å²) >= 11 is 1.82. The summed E-state index contributed by atoms with van der Waals surface area (Å²) < 4.78 is 12.5. The predicted octanol–water partition coefficient (Wildman–Crippen LogP) is 4.43. The molecule has 0 bridgehead atoms. The number of amides is 1. The number of aromatic nitrogens is 2. The van der Waals surface area contributed by atoms with Gasteiger partial charge in [-0.3, -0.25) is 4.79 Å². The molecule has 0 saturated carbocycles.